The van der Waals surface area contributed by atoms with E-state index >= 15 is 0 Å². The van der Waals surface area contributed by atoms with Crippen LogP contribution in [0.25, 0.3) is 0 Å². The second-order valence-electron chi connectivity index (χ2n) is 4.45. The van der Waals surface area contributed by atoms with Crippen LogP contribution in [0.4, 0.5) is 0 Å². The van der Waals surface area contributed by atoms with Gasteiger partial charge in [0.15, 0.2) is 0 Å². The maximum absolute atomic E-state index is 6.18. The quantitative estimate of drug-likeness (QED) is 0.923. The summed E-state index contributed by atoms with van der Waals surface area (Å²) in [6, 6.07) is 5.73. The second-order valence-corrected chi connectivity index (χ2v) is 5.29. The lowest BCUT2D eigenvalue weighted by Gasteiger charge is -2.15. The summed E-state index contributed by atoms with van der Waals surface area (Å²) in [5.41, 5.74) is 1.05. The van der Waals surface area contributed by atoms with Gasteiger partial charge in [0.1, 0.15) is 12.2 Å². The standard InChI is InChI=1S/C13H16Cl2N4/c1-9(11-4-3-10(14)7-12(11)15)16-6-5-13-18-17-8-19(13)2/h3-4,7-9,16H,5-6H2,1-2H3. The minimum atomic E-state index is 0.165. The monoisotopic (exact) mass is 298 g/mol. The third kappa shape index (κ3) is 3.69. The summed E-state index contributed by atoms with van der Waals surface area (Å²) in [6.45, 7) is 2.89. The molecule has 6 heteroatoms. The number of hydrogen-bond donors (Lipinski definition) is 1. The van der Waals surface area contributed by atoms with Gasteiger partial charge in [-0.15, -0.1) is 10.2 Å². The van der Waals surface area contributed by atoms with Crippen LogP contribution < -0.4 is 5.32 Å². The van der Waals surface area contributed by atoms with Gasteiger partial charge < -0.3 is 9.88 Å². The number of halogens is 2. The highest BCUT2D eigenvalue weighted by molar-refractivity contribution is 6.35. The maximum Gasteiger partial charge on any atom is 0.133 e. The van der Waals surface area contributed by atoms with Gasteiger partial charge in [-0.1, -0.05) is 29.3 Å². The molecule has 0 spiro atoms. The van der Waals surface area contributed by atoms with Crippen molar-refractivity contribution in [2.45, 2.75) is 19.4 Å². The van der Waals surface area contributed by atoms with E-state index in [-0.39, 0.29) is 6.04 Å². The van der Waals surface area contributed by atoms with Crippen LogP contribution in [0.3, 0.4) is 0 Å². The lowest BCUT2D eigenvalue weighted by atomic mass is 10.1. The van der Waals surface area contributed by atoms with Crippen molar-refractivity contribution in [1.82, 2.24) is 20.1 Å². The molecule has 0 bridgehead atoms. The second kappa shape index (κ2) is 6.37. The number of aromatic nitrogens is 3. The molecule has 19 heavy (non-hydrogen) atoms. The van der Waals surface area contributed by atoms with E-state index in [1.54, 1.807) is 12.4 Å². The smallest absolute Gasteiger partial charge is 0.133 e. The van der Waals surface area contributed by atoms with Crippen LogP contribution in [0.15, 0.2) is 24.5 Å². The molecule has 0 aliphatic heterocycles. The molecule has 0 aliphatic rings. The molecule has 102 valence electrons. The van der Waals surface area contributed by atoms with Gasteiger partial charge in [-0.25, -0.2) is 0 Å². The molecule has 1 atom stereocenters. The Balaban J connectivity index is 1.91. The van der Waals surface area contributed by atoms with E-state index in [0.717, 1.165) is 24.4 Å². The van der Waals surface area contributed by atoms with Crippen molar-refractivity contribution in [3.63, 3.8) is 0 Å². The van der Waals surface area contributed by atoms with Crippen LogP contribution in [-0.2, 0) is 13.5 Å². The number of benzene rings is 1. The summed E-state index contributed by atoms with van der Waals surface area (Å²) in [7, 11) is 1.94. The molecule has 1 aromatic heterocycles. The fourth-order valence-corrected chi connectivity index (χ4v) is 2.47. The molecule has 2 rings (SSSR count). The zero-order chi connectivity index (χ0) is 13.8. The summed E-state index contributed by atoms with van der Waals surface area (Å²) in [5, 5.41) is 12.6. The van der Waals surface area contributed by atoms with Gasteiger partial charge in [0.05, 0.1) is 0 Å². The van der Waals surface area contributed by atoms with Gasteiger partial charge in [-0.2, -0.15) is 0 Å². The zero-order valence-electron chi connectivity index (χ0n) is 10.9. The van der Waals surface area contributed by atoms with Gasteiger partial charge >= 0.3 is 0 Å². The van der Waals surface area contributed by atoms with E-state index < -0.39 is 0 Å². The fourth-order valence-electron chi connectivity index (χ4n) is 1.90. The molecule has 1 aromatic carbocycles. The Bertz CT molecular complexity index is 553. The van der Waals surface area contributed by atoms with Crippen molar-refractivity contribution in [2.75, 3.05) is 6.54 Å². The molecule has 1 heterocycles. The molecule has 0 radical (unpaired) electrons. The third-order valence-corrected chi connectivity index (χ3v) is 3.60. The van der Waals surface area contributed by atoms with Crippen molar-refractivity contribution < 1.29 is 0 Å². The van der Waals surface area contributed by atoms with Crippen LogP contribution in [0.1, 0.15) is 24.4 Å². The Morgan fingerprint density at radius 2 is 2.16 bits per heavy atom. The van der Waals surface area contributed by atoms with Crippen molar-refractivity contribution in [1.29, 1.82) is 0 Å². The van der Waals surface area contributed by atoms with Gasteiger partial charge in [-0.3, -0.25) is 0 Å². The number of hydrogen-bond acceptors (Lipinski definition) is 3. The normalized spacial score (nSPS) is 12.6. The largest absolute Gasteiger partial charge is 0.321 e. The minimum Gasteiger partial charge on any atom is -0.321 e. The first kappa shape index (κ1) is 14.3. The summed E-state index contributed by atoms with van der Waals surface area (Å²) < 4.78 is 1.92. The average molecular weight is 299 g/mol. The van der Waals surface area contributed by atoms with E-state index in [4.69, 9.17) is 23.2 Å². The Morgan fingerprint density at radius 3 is 2.79 bits per heavy atom. The molecule has 1 N–H and O–H groups in total. The summed E-state index contributed by atoms with van der Waals surface area (Å²) >= 11 is 12.1. The zero-order valence-corrected chi connectivity index (χ0v) is 12.4. The van der Waals surface area contributed by atoms with Crippen molar-refractivity contribution in [3.8, 4) is 0 Å². The predicted molar refractivity (Wildman–Crippen MR) is 77.6 cm³/mol. The highest BCUT2D eigenvalue weighted by atomic mass is 35.5. The molecule has 0 saturated carbocycles. The number of nitrogens with zero attached hydrogens (tertiary/aromatic N) is 3. The van der Waals surface area contributed by atoms with Crippen molar-refractivity contribution >= 4 is 23.2 Å². The first-order valence-electron chi connectivity index (χ1n) is 6.09. The first-order valence-corrected chi connectivity index (χ1v) is 6.84. The molecular formula is C13H16Cl2N4. The van der Waals surface area contributed by atoms with Crippen LogP contribution >= 0.6 is 23.2 Å². The predicted octanol–water partition coefficient (Wildman–Crippen LogP) is 3.02. The molecule has 0 fully saturated rings. The Morgan fingerprint density at radius 1 is 1.37 bits per heavy atom. The summed E-state index contributed by atoms with van der Waals surface area (Å²) in [6.07, 6.45) is 2.53. The molecule has 2 aromatic rings. The molecule has 4 nitrogen and oxygen atoms in total. The van der Waals surface area contributed by atoms with E-state index in [1.165, 1.54) is 0 Å². The third-order valence-electron chi connectivity index (χ3n) is 3.03. The van der Waals surface area contributed by atoms with Crippen molar-refractivity contribution in [3.05, 3.63) is 46.0 Å². The molecule has 0 saturated heterocycles. The van der Waals surface area contributed by atoms with Gasteiger partial charge in [0.2, 0.25) is 0 Å². The fraction of sp³-hybridized carbons (Fsp3) is 0.385. The average Bonchev–Trinajstić information content (AvgIpc) is 2.75. The summed E-state index contributed by atoms with van der Waals surface area (Å²) in [4.78, 5) is 0. The van der Waals surface area contributed by atoms with Crippen LogP contribution in [-0.4, -0.2) is 21.3 Å². The summed E-state index contributed by atoms with van der Waals surface area (Å²) in [5.74, 6) is 0.960. The van der Waals surface area contributed by atoms with Crippen LogP contribution in [0, 0.1) is 0 Å². The van der Waals surface area contributed by atoms with Crippen LogP contribution in [0.5, 0.6) is 0 Å². The van der Waals surface area contributed by atoms with E-state index in [9.17, 15) is 0 Å². The molecule has 0 amide bonds. The number of nitrogens with one attached hydrogen (secondary N) is 1. The minimum absolute atomic E-state index is 0.165. The number of rotatable bonds is 5. The van der Waals surface area contributed by atoms with Gasteiger partial charge in [0, 0.05) is 36.1 Å². The molecule has 0 aliphatic carbocycles. The topological polar surface area (TPSA) is 42.7 Å². The molecule has 1 unspecified atom stereocenters. The highest BCUT2D eigenvalue weighted by Crippen LogP contribution is 2.25. The lowest BCUT2D eigenvalue weighted by molar-refractivity contribution is 0.564. The SMILES string of the molecule is CC(NCCc1nncn1C)c1ccc(Cl)cc1Cl. The number of aryl methyl sites for hydroxylation is 1. The maximum atomic E-state index is 6.18. The Kier molecular flexibility index (Phi) is 4.80. The Labute approximate surface area is 122 Å². The van der Waals surface area contributed by atoms with E-state index in [2.05, 4.69) is 22.4 Å². The van der Waals surface area contributed by atoms with Crippen LogP contribution in [0.2, 0.25) is 10.0 Å². The first-order chi connectivity index (χ1) is 9.08. The highest BCUT2D eigenvalue weighted by Gasteiger charge is 2.10. The van der Waals surface area contributed by atoms with Gasteiger partial charge in [-0.05, 0) is 24.6 Å². The van der Waals surface area contributed by atoms with E-state index in [1.807, 2.05) is 23.7 Å². The lowest BCUT2D eigenvalue weighted by Crippen LogP contribution is -2.22. The van der Waals surface area contributed by atoms with Crippen molar-refractivity contribution in [2.24, 2.45) is 7.05 Å². The molecular weight excluding hydrogens is 283 g/mol. The van der Waals surface area contributed by atoms with Gasteiger partial charge in [0.25, 0.3) is 0 Å². The van der Waals surface area contributed by atoms with E-state index in [0.29, 0.717) is 10.0 Å². The Hall–Kier alpha value is -1.10.